The molecule has 1 fully saturated rings. The highest BCUT2D eigenvalue weighted by Crippen LogP contribution is 2.47. The minimum Gasteiger partial charge on any atom is -0.464 e. The van der Waals surface area contributed by atoms with Gasteiger partial charge in [0.05, 0.1) is 23.1 Å². The van der Waals surface area contributed by atoms with E-state index in [-0.39, 0.29) is 11.4 Å². The Morgan fingerprint density at radius 1 is 1.26 bits per heavy atom. The Morgan fingerprint density at radius 3 is 2.48 bits per heavy atom. The van der Waals surface area contributed by atoms with Crippen LogP contribution in [0.5, 0.6) is 0 Å². The van der Waals surface area contributed by atoms with Gasteiger partial charge in [0.25, 0.3) is 0 Å². The van der Waals surface area contributed by atoms with Crippen molar-refractivity contribution in [3.63, 3.8) is 0 Å². The number of rotatable bonds is 5. The molecule has 120 valence electrons. The summed E-state index contributed by atoms with van der Waals surface area (Å²) in [5.74, 6) is 2.70. The number of nitriles is 1. The molecule has 0 bridgehead atoms. The molecule has 1 aliphatic carbocycles. The Balaban J connectivity index is 1.74. The molecule has 0 spiro atoms. The third-order valence-corrected chi connectivity index (χ3v) is 6.05. The second kappa shape index (κ2) is 5.84. The summed E-state index contributed by atoms with van der Waals surface area (Å²) in [5, 5.41) is 8.78. The van der Waals surface area contributed by atoms with Crippen LogP contribution in [-0.4, -0.2) is 19.8 Å². The van der Waals surface area contributed by atoms with E-state index in [1.807, 2.05) is 18.2 Å². The van der Waals surface area contributed by atoms with E-state index < -0.39 is 10.0 Å². The van der Waals surface area contributed by atoms with E-state index in [2.05, 4.69) is 6.92 Å². The van der Waals surface area contributed by atoms with Crippen molar-refractivity contribution >= 4 is 10.0 Å². The molecule has 0 unspecified atom stereocenters. The second-order valence-electron chi connectivity index (χ2n) is 6.02. The first-order valence-corrected chi connectivity index (χ1v) is 8.91. The molecule has 0 aliphatic heterocycles. The third kappa shape index (κ3) is 3.16. The van der Waals surface area contributed by atoms with Crippen LogP contribution < -0.4 is 0 Å². The van der Waals surface area contributed by atoms with Gasteiger partial charge in [0.1, 0.15) is 11.5 Å². The minimum atomic E-state index is -3.60. The fourth-order valence-corrected chi connectivity index (χ4v) is 3.72. The Bertz CT molecular complexity index is 847. The smallest absolute Gasteiger partial charge is 0.243 e. The Morgan fingerprint density at radius 2 is 1.91 bits per heavy atom. The predicted molar refractivity (Wildman–Crippen MR) is 85.0 cm³/mol. The zero-order chi connectivity index (χ0) is 16.6. The van der Waals surface area contributed by atoms with Crippen molar-refractivity contribution in [3.8, 4) is 6.07 Å². The van der Waals surface area contributed by atoms with Crippen LogP contribution >= 0.6 is 0 Å². The van der Waals surface area contributed by atoms with Gasteiger partial charge in [0.15, 0.2) is 0 Å². The number of sulfonamides is 1. The van der Waals surface area contributed by atoms with Crippen molar-refractivity contribution in [2.24, 2.45) is 5.92 Å². The van der Waals surface area contributed by atoms with Crippen LogP contribution in [0.2, 0.25) is 0 Å². The molecule has 5 nitrogen and oxygen atoms in total. The maximum Gasteiger partial charge on any atom is 0.243 e. The quantitative estimate of drug-likeness (QED) is 0.844. The first kappa shape index (κ1) is 15.8. The molecular formula is C17H18N2O3S. The third-order valence-electron chi connectivity index (χ3n) is 4.23. The van der Waals surface area contributed by atoms with E-state index in [0.717, 1.165) is 12.2 Å². The number of hydrogen-bond acceptors (Lipinski definition) is 4. The minimum absolute atomic E-state index is 0.168. The summed E-state index contributed by atoms with van der Waals surface area (Å²) in [6, 6.07) is 11.6. The molecular weight excluding hydrogens is 312 g/mol. The molecule has 2 aromatic rings. The molecule has 1 aromatic heterocycles. The Hall–Kier alpha value is -2.10. The summed E-state index contributed by atoms with van der Waals surface area (Å²) >= 11 is 0. The van der Waals surface area contributed by atoms with E-state index in [9.17, 15) is 8.42 Å². The molecule has 23 heavy (non-hydrogen) atoms. The molecule has 3 rings (SSSR count). The van der Waals surface area contributed by atoms with Gasteiger partial charge in [-0.15, -0.1) is 0 Å². The van der Waals surface area contributed by atoms with E-state index in [1.165, 1.54) is 35.6 Å². The first-order valence-electron chi connectivity index (χ1n) is 7.47. The lowest BCUT2D eigenvalue weighted by Crippen LogP contribution is -2.26. The monoisotopic (exact) mass is 330 g/mol. The van der Waals surface area contributed by atoms with Crippen LogP contribution in [0.1, 0.15) is 36.3 Å². The Labute approximate surface area is 136 Å². The maximum absolute atomic E-state index is 12.5. The van der Waals surface area contributed by atoms with Crippen molar-refractivity contribution in [3.05, 3.63) is 53.5 Å². The lowest BCUT2D eigenvalue weighted by molar-refractivity contribution is 0.390. The summed E-state index contributed by atoms with van der Waals surface area (Å²) in [4.78, 5) is 0.168. The molecule has 0 amide bonds. The topological polar surface area (TPSA) is 74.3 Å². The fourth-order valence-electron chi connectivity index (χ4n) is 2.58. The van der Waals surface area contributed by atoms with E-state index >= 15 is 0 Å². The highest BCUT2D eigenvalue weighted by molar-refractivity contribution is 7.89. The SMILES string of the molecule is C[C@H]1C[C@H]1c1ccc(CN(C)S(=O)(=O)c2ccc(C#N)cc2)o1. The zero-order valence-electron chi connectivity index (χ0n) is 13.1. The number of nitrogens with zero attached hydrogens (tertiary/aromatic N) is 2. The zero-order valence-corrected chi connectivity index (χ0v) is 13.9. The van der Waals surface area contributed by atoms with Crippen molar-refractivity contribution in [2.45, 2.75) is 30.7 Å². The highest BCUT2D eigenvalue weighted by Gasteiger charge is 2.36. The summed E-state index contributed by atoms with van der Waals surface area (Å²) in [7, 11) is -2.08. The van der Waals surface area contributed by atoms with Gasteiger partial charge >= 0.3 is 0 Å². The van der Waals surface area contributed by atoms with Gasteiger partial charge in [-0.3, -0.25) is 0 Å². The van der Waals surface area contributed by atoms with E-state index in [0.29, 0.717) is 23.2 Å². The van der Waals surface area contributed by atoms with Crippen LogP contribution in [-0.2, 0) is 16.6 Å². The number of benzene rings is 1. The summed E-state index contributed by atoms with van der Waals surface area (Å²) in [6.45, 7) is 2.36. The van der Waals surface area contributed by atoms with Crippen LogP contribution in [0.15, 0.2) is 45.7 Å². The van der Waals surface area contributed by atoms with Gasteiger partial charge in [-0.25, -0.2) is 8.42 Å². The average molecular weight is 330 g/mol. The van der Waals surface area contributed by atoms with E-state index in [1.54, 1.807) is 0 Å². The molecule has 1 aromatic carbocycles. The maximum atomic E-state index is 12.5. The molecule has 2 atom stereocenters. The van der Waals surface area contributed by atoms with Gasteiger partial charge in [0.2, 0.25) is 10.0 Å². The second-order valence-corrected chi connectivity index (χ2v) is 8.07. The van der Waals surface area contributed by atoms with Crippen LogP contribution in [0.25, 0.3) is 0 Å². The largest absolute Gasteiger partial charge is 0.464 e. The van der Waals surface area contributed by atoms with Crippen LogP contribution in [0.4, 0.5) is 0 Å². The highest BCUT2D eigenvalue weighted by atomic mass is 32.2. The molecule has 6 heteroatoms. The fraction of sp³-hybridized carbons (Fsp3) is 0.353. The molecule has 0 radical (unpaired) electrons. The summed E-state index contributed by atoms with van der Waals surface area (Å²) in [5.41, 5.74) is 0.431. The lowest BCUT2D eigenvalue weighted by Gasteiger charge is -2.16. The van der Waals surface area contributed by atoms with Crippen molar-refractivity contribution in [1.29, 1.82) is 5.26 Å². The van der Waals surface area contributed by atoms with Crippen LogP contribution in [0, 0.1) is 17.2 Å². The molecule has 1 aliphatic rings. The van der Waals surface area contributed by atoms with Crippen molar-refractivity contribution in [2.75, 3.05) is 7.05 Å². The standard InChI is InChI=1S/C17H18N2O3S/c1-12-9-16(12)17-8-5-14(22-17)11-19(2)23(20,21)15-6-3-13(10-18)4-7-15/h3-8,12,16H,9,11H2,1-2H3/t12-,16+/m0/s1. The van der Waals surface area contributed by atoms with Crippen molar-refractivity contribution in [1.82, 2.24) is 4.31 Å². The molecule has 1 heterocycles. The van der Waals surface area contributed by atoms with E-state index in [4.69, 9.17) is 9.68 Å². The molecule has 1 saturated carbocycles. The van der Waals surface area contributed by atoms with Gasteiger partial charge in [-0.1, -0.05) is 6.92 Å². The van der Waals surface area contributed by atoms with Crippen molar-refractivity contribution < 1.29 is 12.8 Å². The molecule has 0 saturated heterocycles. The average Bonchev–Trinajstić information content (AvgIpc) is 3.09. The van der Waals surface area contributed by atoms with Gasteiger partial charge in [-0.2, -0.15) is 9.57 Å². The number of furan rings is 1. The summed E-state index contributed by atoms with van der Waals surface area (Å²) in [6.07, 6.45) is 1.13. The molecule has 0 N–H and O–H groups in total. The summed E-state index contributed by atoms with van der Waals surface area (Å²) < 4.78 is 32.1. The van der Waals surface area contributed by atoms with Crippen LogP contribution in [0.3, 0.4) is 0 Å². The normalized spacial score (nSPS) is 20.4. The van der Waals surface area contributed by atoms with Gasteiger partial charge in [-0.05, 0) is 48.7 Å². The first-order chi connectivity index (χ1) is 10.9. The Kier molecular flexibility index (Phi) is 4.00. The lowest BCUT2D eigenvalue weighted by atomic mass is 10.2. The van der Waals surface area contributed by atoms with Gasteiger partial charge in [0, 0.05) is 13.0 Å². The van der Waals surface area contributed by atoms with Gasteiger partial charge < -0.3 is 4.42 Å². The predicted octanol–water partition coefficient (Wildman–Crippen LogP) is 3.10. The number of hydrogen-bond donors (Lipinski definition) is 0.